The molecule has 0 heterocycles. The van der Waals surface area contributed by atoms with Gasteiger partial charge in [0.05, 0.1) is 0 Å². The zero-order valence-electron chi connectivity index (χ0n) is 9.10. The number of unbranched alkanes of at least 4 members (excludes halogenated alkanes) is 1. The third-order valence-corrected chi connectivity index (χ3v) is 3.46. The van der Waals surface area contributed by atoms with Crippen LogP contribution in [0.1, 0.15) is 52.9 Å². The average molecular weight is 188 g/mol. The van der Waals surface area contributed by atoms with Crippen LogP contribution in [0.3, 0.4) is 0 Å². The smallest absolute Gasteiger partial charge is 0.146 e. The molecular weight excluding hydrogens is 164 g/mol. The SMILES string of the molecule is CCC(C)CCCCC(C)O[SiH3]. The molecule has 0 radical (unpaired) electrons. The molecule has 0 spiro atoms. The third kappa shape index (κ3) is 6.86. The predicted molar refractivity (Wildman–Crippen MR) is 58.4 cm³/mol. The highest BCUT2D eigenvalue weighted by atomic mass is 28.2. The molecule has 74 valence electrons. The second kappa shape index (κ2) is 7.81. The second-order valence-corrected chi connectivity index (χ2v) is 4.32. The molecule has 0 aliphatic carbocycles. The van der Waals surface area contributed by atoms with Gasteiger partial charge in [0, 0.05) is 6.10 Å². The van der Waals surface area contributed by atoms with Crippen LogP contribution < -0.4 is 0 Å². The first-order valence-corrected chi connectivity index (χ1v) is 6.05. The topological polar surface area (TPSA) is 9.23 Å². The van der Waals surface area contributed by atoms with Crippen molar-refractivity contribution in [1.82, 2.24) is 0 Å². The minimum absolute atomic E-state index is 0.508. The zero-order chi connectivity index (χ0) is 9.40. The van der Waals surface area contributed by atoms with Crippen LogP contribution in [-0.4, -0.2) is 16.6 Å². The second-order valence-electron chi connectivity index (χ2n) is 3.84. The number of hydrogen-bond donors (Lipinski definition) is 0. The summed E-state index contributed by atoms with van der Waals surface area (Å²) in [4.78, 5) is 0. The molecule has 0 aliphatic rings. The van der Waals surface area contributed by atoms with Crippen LogP contribution in [0.15, 0.2) is 0 Å². The number of rotatable bonds is 7. The highest BCUT2D eigenvalue weighted by Gasteiger charge is 2.00. The Balaban J connectivity index is 3.10. The lowest BCUT2D eigenvalue weighted by Gasteiger charge is -2.11. The van der Waals surface area contributed by atoms with E-state index in [1.807, 2.05) is 0 Å². The van der Waals surface area contributed by atoms with Gasteiger partial charge in [0.1, 0.15) is 10.5 Å². The molecule has 0 rings (SSSR count). The maximum absolute atomic E-state index is 5.32. The molecule has 0 aromatic rings. The summed E-state index contributed by atoms with van der Waals surface area (Å²) in [5, 5.41) is 0. The molecule has 0 aromatic heterocycles. The molecule has 0 amide bonds. The Kier molecular flexibility index (Phi) is 7.92. The maximum atomic E-state index is 5.32. The summed E-state index contributed by atoms with van der Waals surface area (Å²) in [6.45, 7) is 6.79. The van der Waals surface area contributed by atoms with Gasteiger partial charge in [-0.15, -0.1) is 0 Å². The third-order valence-electron chi connectivity index (χ3n) is 2.66. The lowest BCUT2D eigenvalue weighted by Crippen LogP contribution is -2.05. The van der Waals surface area contributed by atoms with Gasteiger partial charge in [-0.3, -0.25) is 0 Å². The predicted octanol–water partition coefficient (Wildman–Crippen LogP) is 2.28. The molecule has 2 heteroatoms. The van der Waals surface area contributed by atoms with Gasteiger partial charge in [0.15, 0.2) is 0 Å². The van der Waals surface area contributed by atoms with Crippen LogP contribution in [0.25, 0.3) is 0 Å². The first kappa shape index (κ1) is 12.2. The largest absolute Gasteiger partial charge is 0.425 e. The van der Waals surface area contributed by atoms with E-state index in [9.17, 15) is 0 Å². The van der Waals surface area contributed by atoms with E-state index < -0.39 is 0 Å². The van der Waals surface area contributed by atoms with E-state index in [1.165, 1.54) is 32.1 Å². The number of hydrogen-bond acceptors (Lipinski definition) is 1. The summed E-state index contributed by atoms with van der Waals surface area (Å²) in [6, 6.07) is 0. The van der Waals surface area contributed by atoms with Crippen LogP contribution in [0, 0.1) is 5.92 Å². The van der Waals surface area contributed by atoms with Crippen molar-refractivity contribution in [2.45, 2.75) is 59.0 Å². The van der Waals surface area contributed by atoms with Gasteiger partial charge in [-0.2, -0.15) is 0 Å². The van der Waals surface area contributed by atoms with E-state index >= 15 is 0 Å². The van der Waals surface area contributed by atoms with E-state index in [1.54, 1.807) is 0 Å². The van der Waals surface area contributed by atoms with Crippen molar-refractivity contribution in [2.24, 2.45) is 5.92 Å². The van der Waals surface area contributed by atoms with Gasteiger partial charge in [-0.05, 0) is 19.3 Å². The van der Waals surface area contributed by atoms with Gasteiger partial charge in [-0.1, -0.05) is 39.5 Å². The van der Waals surface area contributed by atoms with Crippen molar-refractivity contribution >= 4 is 10.5 Å². The maximum Gasteiger partial charge on any atom is 0.146 e. The van der Waals surface area contributed by atoms with E-state index in [0.29, 0.717) is 6.10 Å². The average Bonchev–Trinajstić information content (AvgIpc) is 2.11. The minimum Gasteiger partial charge on any atom is -0.425 e. The molecule has 0 saturated carbocycles. The molecule has 2 unspecified atom stereocenters. The summed E-state index contributed by atoms with van der Waals surface area (Å²) < 4.78 is 5.32. The van der Waals surface area contributed by atoms with Crippen LogP contribution in [0.4, 0.5) is 0 Å². The van der Waals surface area contributed by atoms with Crippen LogP contribution in [0.2, 0.25) is 0 Å². The first-order valence-electron chi connectivity index (χ1n) is 5.23. The summed E-state index contributed by atoms with van der Waals surface area (Å²) in [5.74, 6) is 0.914. The summed E-state index contributed by atoms with van der Waals surface area (Å²) in [6.07, 6.45) is 7.20. The van der Waals surface area contributed by atoms with E-state index in [4.69, 9.17) is 4.43 Å². The Morgan fingerprint density at radius 1 is 1.17 bits per heavy atom. The van der Waals surface area contributed by atoms with Crippen molar-refractivity contribution in [3.8, 4) is 0 Å². The van der Waals surface area contributed by atoms with Crippen LogP contribution in [-0.2, 0) is 4.43 Å². The molecule has 0 aromatic carbocycles. The lowest BCUT2D eigenvalue weighted by molar-refractivity contribution is 0.225. The van der Waals surface area contributed by atoms with Crippen molar-refractivity contribution in [2.75, 3.05) is 0 Å². The highest BCUT2D eigenvalue weighted by Crippen LogP contribution is 2.13. The van der Waals surface area contributed by atoms with E-state index in [2.05, 4.69) is 20.8 Å². The molecule has 0 fully saturated rings. The van der Waals surface area contributed by atoms with Crippen molar-refractivity contribution in [1.29, 1.82) is 0 Å². The Bertz CT molecular complexity index is 83.8. The van der Waals surface area contributed by atoms with E-state index in [-0.39, 0.29) is 0 Å². The van der Waals surface area contributed by atoms with Gasteiger partial charge in [0.2, 0.25) is 0 Å². The van der Waals surface area contributed by atoms with Gasteiger partial charge < -0.3 is 4.43 Å². The summed E-state index contributed by atoms with van der Waals surface area (Å²) in [5.41, 5.74) is 0. The molecule has 0 N–H and O–H groups in total. The molecule has 12 heavy (non-hydrogen) atoms. The molecule has 2 atom stereocenters. The van der Waals surface area contributed by atoms with Gasteiger partial charge in [-0.25, -0.2) is 0 Å². The normalized spacial score (nSPS) is 16.2. The molecule has 0 saturated heterocycles. The molecule has 0 bridgehead atoms. The highest BCUT2D eigenvalue weighted by molar-refractivity contribution is 5.98. The fourth-order valence-electron chi connectivity index (χ4n) is 1.25. The van der Waals surface area contributed by atoms with Gasteiger partial charge in [0.25, 0.3) is 0 Å². The summed E-state index contributed by atoms with van der Waals surface area (Å²) >= 11 is 0. The van der Waals surface area contributed by atoms with Crippen LogP contribution >= 0.6 is 0 Å². The lowest BCUT2D eigenvalue weighted by atomic mass is 10.0. The quantitative estimate of drug-likeness (QED) is 0.440. The van der Waals surface area contributed by atoms with E-state index in [0.717, 1.165) is 16.4 Å². The Morgan fingerprint density at radius 3 is 2.25 bits per heavy atom. The summed E-state index contributed by atoms with van der Waals surface area (Å²) in [7, 11) is 0.888. The van der Waals surface area contributed by atoms with Crippen molar-refractivity contribution in [3.05, 3.63) is 0 Å². The fourth-order valence-corrected chi connectivity index (χ4v) is 1.48. The fraction of sp³-hybridized carbons (Fsp3) is 1.00. The van der Waals surface area contributed by atoms with Crippen molar-refractivity contribution in [3.63, 3.8) is 0 Å². The monoisotopic (exact) mass is 188 g/mol. The van der Waals surface area contributed by atoms with Gasteiger partial charge >= 0.3 is 0 Å². The van der Waals surface area contributed by atoms with Crippen molar-refractivity contribution < 1.29 is 4.43 Å². The molecule has 1 nitrogen and oxygen atoms in total. The molecular formula is C10H24OSi. The molecule has 0 aliphatic heterocycles. The standard InChI is InChI=1S/C10H24OSi/c1-4-9(2)7-5-6-8-10(3)11-12/h9-10H,4-8H2,1-3,12H3. The Morgan fingerprint density at radius 2 is 1.75 bits per heavy atom. The zero-order valence-corrected chi connectivity index (χ0v) is 11.1. The van der Waals surface area contributed by atoms with Crippen LogP contribution in [0.5, 0.6) is 0 Å². The first-order chi connectivity index (χ1) is 5.70. The minimum atomic E-state index is 0.508. The Hall–Kier alpha value is 0.177. The Labute approximate surface area is 80.4 Å².